The van der Waals surface area contributed by atoms with Crippen molar-refractivity contribution in [3.8, 4) is 11.5 Å². The number of rotatable bonds is 10. The summed E-state index contributed by atoms with van der Waals surface area (Å²) >= 11 is 4.35. The van der Waals surface area contributed by atoms with Crippen LogP contribution in [0.5, 0.6) is 11.5 Å². The van der Waals surface area contributed by atoms with Gasteiger partial charge in [-0.05, 0) is 111 Å². The molecular weight excluding hydrogens is 664 g/mol. The molecular formula is C24H21I2N3O5. The summed E-state index contributed by atoms with van der Waals surface area (Å²) in [6.07, 6.45) is 2.49. The Labute approximate surface area is 224 Å². The molecule has 176 valence electrons. The van der Waals surface area contributed by atoms with Gasteiger partial charge in [-0.3, -0.25) is 14.9 Å². The molecule has 0 radical (unpaired) electrons. The first-order chi connectivity index (χ1) is 16.4. The van der Waals surface area contributed by atoms with E-state index in [1.807, 2.05) is 19.1 Å². The van der Waals surface area contributed by atoms with Gasteiger partial charge in [0.05, 0.1) is 24.9 Å². The van der Waals surface area contributed by atoms with Crippen LogP contribution in [0.3, 0.4) is 0 Å². The van der Waals surface area contributed by atoms with Gasteiger partial charge in [0, 0.05) is 17.7 Å². The van der Waals surface area contributed by atoms with E-state index < -0.39 is 4.92 Å². The molecule has 10 heteroatoms. The lowest BCUT2D eigenvalue weighted by Gasteiger charge is -2.11. The monoisotopic (exact) mass is 685 g/mol. The predicted octanol–water partition coefficient (Wildman–Crippen LogP) is 5.94. The number of nitro benzene ring substituents is 1. The lowest BCUT2D eigenvalue weighted by Crippen LogP contribution is -2.17. The molecule has 0 aliphatic heterocycles. The first kappa shape index (κ1) is 25.9. The maximum absolute atomic E-state index is 12.3. The van der Waals surface area contributed by atoms with Crippen molar-refractivity contribution in [1.29, 1.82) is 0 Å². The van der Waals surface area contributed by atoms with Crippen molar-refractivity contribution in [2.45, 2.75) is 20.0 Å². The summed E-state index contributed by atoms with van der Waals surface area (Å²) < 4.78 is 13.2. The van der Waals surface area contributed by atoms with Crippen molar-refractivity contribution in [2.24, 2.45) is 5.10 Å². The fourth-order valence-electron chi connectivity index (χ4n) is 2.81. The molecule has 34 heavy (non-hydrogen) atoms. The Morgan fingerprint density at radius 2 is 1.71 bits per heavy atom. The standard InChI is InChI=1S/C24H21I2N3O5/c1-2-11-33-20-9-5-18(6-10-20)24(30)28-27-14-17-12-21(25)23(22(26)13-17)34-15-16-3-7-19(8-4-16)29(31)32/h3-10,12-14H,2,11,15H2,1H3,(H,28,30)/b27-14-. The molecule has 0 aliphatic rings. The summed E-state index contributed by atoms with van der Waals surface area (Å²) in [7, 11) is 0. The lowest BCUT2D eigenvalue weighted by atomic mass is 10.2. The minimum atomic E-state index is -0.432. The largest absolute Gasteiger partial charge is 0.494 e. The molecule has 0 aromatic heterocycles. The van der Waals surface area contributed by atoms with E-state index in [0.717, 1.165) is 30.4 Å². The third-order valence-corrected chi connectivity index (χ3v) is 6.12. The summed E-state index contributed by atoms with van der Waals surface area (Å²) in [6.45, 7) is 2.95. The third kappa shape index (κ3) is 7.38. The Bertz CT molecular complexity index is 1160. The second-order valence-electron chi connectivity index (χ2n) is 7.10. The normalized spacial score (nSPS) is 10.8. The number of hydrogen-bond donors (Lipinski definition) is 1. The van der Waals surface area contributed by atoms with E-state index in [1.165, 1.54) is 12.1 Å². The molecule has 0 spiro atoms. The van der Waals surface area contributed by atoms with Gasteiger partial charge in [-0.1, -0.05) is 6.92 Å². The zero-order valence-corrected chi connectivity index (χ0v) is 22.5. The fraction of sp³-hybridized carbons (Fsp3) is 0.167. The molecule has 3 aromatic rings. The zero-order chi connectivity index (χ0) is 24.5. The number of amides is 1. The average molecular weight is 685 g/mol. The molecule has 0 atom stereocenters. The number of carbonyl (C=O) groups excluding carboxylic acids is 1. The number of carbonyl (C=O) groups is 1. The van der Waals surface area contributed by atoms with E-state index in [9.17, 15) is 14.9 Å². The zero-order valence-electron chi connectivity index (χ0n) is 18.2. The highest BCUT2D eigenvalue weighted by Gasteiger charge is 2.10. The second-order valence-corrected chi connectivity index (χ2v) is 9.42. The molecule has 1 N–H and O–H groups in total. The van der Waals surface area contributed by atoms with Gasteiger partial charge < -0.3 is 9.47 Å². The van der Waals surface area contributed by atoms with Crippen molar-refractivity contribution >= 4 is 63.0 Å². The van der Waals surface area contributed by atoms with Gasteiger partial charge in [0.15, 0.2) is 0 Å². The van der Waals surface area contributed by atoms with Gasteiger partial charge >= 0.3 is 0 Å². The van der Waals surface area contributed by atoms with Crippen LogP contribution in [0.2, 0.25) is 0 Å². The van der Waals surface area contributed by atoms with Crippen LogP contribution in [0.15, 0.2) is 65.8 Å². The number of nitrogens with zero attached hydrogens (tertiary/aromatic N) is 2. The highest BCUT2D eigenvalue weighted by Crippen LogP contribution is 2.29. The Morgan fingerprint density at radius 3 is 2.29 bits per heavy atom. The van der Waals surface area contributed by atoms with Crippen molar-refractivity contribution in [2.75, 3.05) is 6.61 Å². The molecule has 0 heterocycles. The summed E-state index contributed by atoms with van der Waals surface area (Å²) in [6, 6.07) is 16.9. The number of benzene rings is 3. The highest BCUT2D eigenvalue weighted by atomic mass is 127. The van der Waals surface area contributed by atoms with Crippen molar-refractivity contribution in [3.63, 3.8) is 0 Å². The van der Waals surface area contributed by atoms with Gasteiger partial charge in [-0.2, -0.15) is 5.10 Å². The molecule has 3 rings (SSSR count). The highest BCUT2D eigenvalue weighted by molar-refractivity contribution is 14.1. The number of hydrogen-bond acceptors (Lipinski definition) is 6. The van der Waals surface area contributed by atoms with Crippen molar-refractivity contribution in [1.82, 2.24) is 5.43 Å². The van der Waals surface area contributed by atoms with Crippen LogP contribution in [-0.4, -0.2) is 23.7 Å². The molecule has 0 saturated heterocycles. The van der Waals surface area contributed by atoms with Crippen molar-refractivity contribution < 1.29 is 19.2 Å². The Kier molecular flexibility index (Phi) is 9.62. The predicted molar refractivity (Wildman–Crippen MR) is 147 cm³/mol. The Morgan fingerprint density at radius 1 is 1.06 bits per heavy atom. The molecule has 0 bridgehead atoms. The van der Waals surface area contributed by atoms with Gasteiger partial charge in [0.2, 0.25) is 0 Å². The number of ether oxygens (including phenoxy) is 2. The molecule has 3 aromatic carbocycles. The van der Waals surface area contributed by atoms with Crippen molar-refractivity contribution in [3.05, 3.63) is 94.6 Å². The Balaban J connectivity index is 1.58. The number of nitro groups is 1. The van der Waals surface area contributed by atoms with E-state index in [-0.39, 0.29) is 18.2 Å². The number of halogens is 2. The average Bonchev–Trinajstić information content (AvgIpc) is 2.82. The summed E-state index contributed by atoms with van der Waals surface area (Å²) in [4.78, 5) is 22.6. The van der Waals surface area contributed by atoms with E-state index in [2.05, 4.69) is 55.7 Å². The smallest absolute Gasteiger partial charge is 0.271 e. The van der Waals surface area contributed by atoms with Crippen LogP contribution in [0.25, 0.3) is 0 Å². The fourth-order valence-corrected chi connectivity index (χ4v) is 4.94. The van der Waals surface area contributed by atoms with E-state index in [1.54, 1.807) is 42.6 Å². The molecule has 0 saturated carbocycles. The maximum Gasteiger partial charge on any atom is 0.271 e. The number of nitrogens with one attached hydrogen (secondary N) is 1. The van der Waals surface area contributed by atoms with Crippen LogP contribution >= 0.6 is 45.2 Å². The quantitative estimate of drug-likeness (QED) is 0.123. The van der Waals surface area contributed by atoms with Crippen LogP contribution in [0.4, 0.5) is 5.69 Å². The first-order valence-corrected chi connectivity index (χ1v) is 12.4. The van der Waals surface area contributed by atoms with Crippen LogP contribution in [0, 0.1) is 17.3 Å². The topological polar surface area (TPSA) is 103 Å². The van der Waals surface area contributed by atoms with E-state index in [4.69, 9.17) is 9.47 Å². The number of hydrazone groups is 1. The summed E-state index contributed by atoms with van der Waals surface area (Å²) in [5.74, 6) is 1.12. The molecule has 0 fully saturated rings. The van der Waals surface area contributed by atoms with E-state index >= 15 is 0 Å². The van der Waals surface area contributed by atoms with E-state index in [0.29, 0.717) is 17.9 Å². The lowest BCUT2D eigenvalue weighted by molar-refractivity contribution is -0.384. The minimum absolute atomic E-state index is 0.0432. The molecule has 8 nitrogen and oxygen atoms in total. The summed E-state index contributed by atoms with van der Waals surface area (Å²) in [5, 5.41) is 14.8. The molecule has 0 aliphatic carbocycles. The Hall–Kier alpha value is -2.74. The van der Waals surface area contributed by atoms with Crippen LogP contribution < -0.4 is 14.9 Å². The first-order valence-electron chi connectivity index (χ1n) is 10.3. The third-order valence-electron chi connectivity index (χ3n) is 4.52. The van der Waals surface area contributed by atoms with Crippen LogP contribution in [-0.2, 0) is 6.61 Å². The van der Waals surface area contributed by atoms with Gasteiger partial charge in [0.25, 0.3) is 11.6 Å². The number of non-ortho nitro benzene ring substituents is 1. The second kappa shape index (κ2) is 12.6. The SMILES string of the molecule is CCCOc1ccc(C(=O)N/N=C\c2cc(I)c(OCc3ccc([N+](=O)[O-])cc3)c(I)c2)cc1. The van der Waals surface area contributed by atoms with Gasteiger partial charge in [-0.15, -0.1) is 0 Å². The molecule has 1 amide bonds. The maximum atomic E-state index is 12.3. The van der Waals surface area contributed by atoms with Crippen LogP contribution in [0.1, 0.15) is 34.8 Å². The molecule has 0 unspecified atom stereocenters. The minimum Gasteiger partial charge on any atom is -0.494 e. The van der Waals surface area contributed by atoms with Gasteiger partial charge in [0.1, 0.15) is 18.1 Å². The van der Waals surface area contributed by atoms with Gasteiger partial charge in [-0.25, -0.2) is 5.43 Å². The summed E-state index contributed by atoms with van der Waals surface area (Å²) in [5.41, 5.74) is 4.69.